The molecule has 0 unspecified atom stereocenters. The lowest BCUT2D eigenvalue weighted by Gasteiger charge is -2.14. The number of hydrogen-bond donors (Lipinski definition) is 0. The van der Waals surface area contributed by atoms with Crippen molar-refractivity contribution in [3.63, 3.8) is 0 Å². The molecule has 0 amide bonds. The average molecular weight is 263 g/mol. The van der Waals surface area contributed by atoms with E-state index < -0.39 is 0 Å². The van der Waals surface area contributed by atoms with Gasteiger partial charge in [0.15, 0.2) is 0 Å². The van der Waals surface area contributed by atoms with E-state index in [0.29, 0.717) is 11.3 Å². The van der Waals surface area contributed by atoms with Gasteiger partial charge < -0.3 is 4.57 Å². The van der Waals surface area contributed by atoms with E-state index in [1.807, 2.05) is 0 Å². The molecule has 2 nitrogen and oxygen atoms in total. The summed E-state index contributed by atoms with van der Waals surface area (Å²) in [5.74, 6) is 1.78. The van der Waals surface area contributed by atoms with Crippen LogP contribution >= 0.6 is 11.6 Å². The first kappa shape index (κ1) is 12.0. The molecule has 1 heterocycles. The second-order valence-corrected chi connectivity index (χ2v) is 6.18. The molecule has 0 bridgehead atoms. The minimum absolute atomic E-state index is 0.483. The van der Waals surface area contributed by atoms with Crippen molar-refractivity contribution in [3.8, 4) is 0 Å². The van der Waals surface area contributed by atoms with Crippen molar-refractivity contribution in [2.75, 3.05) is 5.88 Å². The molecular weight excluding hydrogens is 244 g/mol. The van der Waals surface area contributed by atoms with Crippen molar-refractivity contribution in [2.45, 2.75) is 39.7 Å². The van der Waals surface area contributed by atoms with Gasteiger partial charge in [-0.15, -0.1) is 11.6 Å². The van der Waals surface area contributed by atoms with E-state index in [0.717, 1.165) is 24.3 Å². The van der Waals surface area contributed by atoms with Gasteiger partial charge in [0.1, 0.15) is 5.82 Å². The molecule has 1 aromatic carbocycles. The van der Waals surface area contributed by atoms with E-state index >= 15 is 0 Å². The van der Waals surface area contributed by atoms with Crippen molar-refractivity contribution in [1.82, 2.24) is 9.55 Å². The zero-order valence-electron chi connectivity index (χ0n) is 11.0. The largest absolute Gasteiger partial charge is 0.327 e. The highest BCUT2D eigenvalue weighted by Gasteiger charge is 2.38. The molecule has 0 atom stereocenters. The zero-order valence-corrected chi connectivity index (χ0v) is 11.8. The average Bonchev–Trinajstić information content (AvgIpc) is 2.95. The van der Waals surface area contributed by atoms with E-state index in [1.54, 1.807) is 0 Å². The number of rotatable bonds is 4. The summed E-state index contributed by atoms with van der Waals surface area (Å²) in [6.07, 6.45) is 3.52. The van der Waals surface area contributed by atoms with E-state index in [9.17, 15) is 0 Å². The quantitative estimate of drug-likeness (QED) is 0.764. The number of para-hydroxylation sites is 1. The summed E-state index contributed by atoms with van der Waals surface area (Å²) in [6.45, 7) is 5.61. The summed E-state index contributed by atoms with van der Waals surface area (Å²) >= 11 is 5.91. The predicted molar refractivity (Wildman–Crippen MR) is 76.2 cm³/mol. The van der Waals surface area contributed by atoms with Gasteiger partial charge in [-0.3, -0.25) is 0 Å². The Morgan fingerprint density at radius 3 is 2.83 bits per heavy atom. The summed E-state index contributed by atoms with van der Waals surface area (Å²) in [5.41, 5.74) is 4.20. The number of imidazole rings is 1. The van der Waals surface area contributed by atoms with Gasteiger partial charge in [-0.2, -0.15) is 0 Å². The fourth-order valence-electron chi connectivity index (χ4n) is 2.61. The van der Waals surface area contributed by atoms with Gasteiger partial charge in [0.2, 0.25) is 0 Å². The lowest BCUT2D eigenvalue weighted by atomic mass is 10.1. The molecule has 0 saturated heterocycles. The van der Waals surface area contributed by atoms with E-state index in [4.69, 9.17) is 16.6 Å². The molecule has 0 radical (unpaired) electrons. The Morgan fingerprint density at radius 1 is 1.39 bits per heavy atom. The Balaban J connectivity index is 2.13. The van der Waals surface area contributed by atoms with Gasteiger partial charge in [-0.1, -0.05) is 19.1 Å². The number of aromatic nitrogens is 2. The molecular formula is C15H19ClN2. The lowest BCUT2D eigenvalue weighted by molar-refractivity contribution is 0.462. The van der Waals surface area contributed by atoms with Crippen LogP contribution in [0.2, 0.25) is 0 Å². The van der Waals surface area contributed by atoms with Crippen LogP contribution in [0.1, 0.15) is 31.2 Å². The third-order valence-corrected chi connectivity index (χ3v) is 4.20. The Bertz CT molecular complexity index is 581. The van der Waals surface area contributed by atoms with E-state index in [-0.39, 0.29) is 0 Å². The lowest BCUT2D eigenvalue weighted by Crippen LogP contribution is -2.12. The van der Waals surface area contributed by atoms with Crippen LogP contribution in [-0.4, -0.2) is 15.4 Å². The van der Waals surface area contributed by atoms with Crippen LogP contribution in [0.15, 0.2) is 18.2 Å². The fraction of sp³-hybridized carbons (Fsp3) is 0.533. The van der Waals surface area contributed by atoms with Crippen LogP contribution in [0.3, 0.4) is 0 Å². The monoisotopic (exact) mass is 262 g/mol. The van der Waals surface area contributed by atoms with Gasteiger partial charge in [0.25, 0.3) is 0 Å². The summed E-state index contributed by atoms with van der Waals surface area (Å²) in [6, 6.07) is 6.35. The number of alkyl halides is 1. The SMILES string of the molecule is Cc1cccc2nc(CCCl)n(CC3(C)CC3)c12. The fourth-order valence-corrected chi connectivity index (χ4v) is 2.78. The summed E-state index contributed by atoms with van der Waals surface area (Å²) in [7, 11) is 0. The van der Waals surface area contributed by atoms with Crippen molar-refractivity contribution in [2.24, 2.45) is 5.41 Å². The summed E-state index contributed by atoms with van der Waals surface area (Å²) in [5, 5.41) is 0. The van der Waals surface area contributed by atoms with Crippen LogP contribution in [-0.2, 0) is 13.0 Å². The number of halogens is 1. The van der Waals surface area contributed by atoms with Gasteiger partial charge >= 0.3 is 0 Å². The molecule has 1 saturated carbocycles. The molecule has 96 valence electrons. The van der Waals surface area contributed by atoms with Crippen LogP contribution in [0.25, 0.3) is 11.0 Å². The van der Waals surface area contributed by atoms with Crippen molar-refractivity contribution < 1.29 is 0 Å². The van der Waals surface area contributed by atoms with Crippen LogP contribution in [0.5, 0.6) is 0 Å². The maximum atomic E-state index is 5.91. The highest BCUT2D eigenvalue weighted by Crippen LogP contribution is 2.47. The Hall–Kier alpha value is -1.02. The van der Waals surface area contributed by atoms with Crippen LogP contribution < -0.4 is 0 Å². The molecule has 18 heavy (non-hydrogen) atoms. The number of fused-ring (bicyclic) bond motifs is 1. The van der Waals surface area contributed by atoms with Gasteiger partial charge in [-0.25, -0.2) is 4.98 Å². The first-order valence-corrected chi connectivity index (χ1v) is 7.17. The van der Waals surface area contributed by atoms with Crippen molar-refractivity contribution in [1.29, 1.82) is 0 Å². The maximum absolute atomic E-state index is 5.91. The Labute approximate surface area is 113 Å². The topological polar surface area (TPSA) is 17.8 Å². The first-order valence-electron chi connectivity index (χ1n) is 6.64. The smallest absolute Gasteiger partial charge is 0.111 e. The number of nitrogens with zero attached hydrogens (tertiary/aromatic N) is 2. The number of hydrogen-bond acceptors (Lipinski definition) is 1. The standard InChI is InChI=1S/C15H19ClN2/c1-11-4-3-5-12-14(11)18(10-15(2)7-8-15)13(17-12)6-9-16/h3-5H,6-10H2,1-2H3. The molecule has 3 heteroatoms. The number of benzene rings is 1. The van der Waals surface area contributed by atoms with E-state index in [2.05, 4.69) is 36.6 Å². The molecule has 1 aliphatic carbocycles. The van der Waals surface area contributed by atoms with Crippen molar-refractivity contribution >= 4 is 22.6 Å². The molecule has 0 N–H and O–H groups in total. The first-order chi connectivity index (χ1) is 8.63. The van der Waals surface area contributed by atoms with Crippen LogP contribution in [0, 0.1) is 12.3 Å². The Kier molecular flexibility index (Phi) is 2.86. The molecule has 2 aromatic rings. The highest BCUT2D eigenvalue weighted by atomic mass is 35.5. The number of aryl methyl sites for hydroxylation is 2. The van der Waals surface area contributed by atoms with Gasteiger partial charge in [0, 0.05) is 18.8 Å². The van der Waals surface area contributed by atoms with Crippen LogP contribution in [0.4, 0.5) is 0 Å². The third-order valence-electron chi connectivity index (χ3n) is 4.01. The molecule has 3 rings (SSSR count). The summed E-state index contributed by atoms with van der Waals surface area (Å²) in [4.78, 5) is 4.75. The van der Waals surface area contributed by atoms with Gasteiger partial charge in [0.05, 0.1) is 11.0 Å². The van der Waals surface area contributed by atoms with E-state index in [1.165, 1.54) is 23.9 Å². The minimum Gasteiger partial charge on any atom is -0.327 e. The third kappa shape index (κ3) is 2.03. The second kappa shape index (κ2) is 4.27. The molecule has 1 aliphatic rings. The zero-order chi connectivity index (χ0) is 12.8. The maximum Gasteiger partial charge on any atom is 0.111 e. The Morgan fingerprint density at radius 2 is 2.17 bits per heavy atom. The summed E-state index contributed by atoms with van der Waals surface area (Å²) < 4.78 is 2.40. The minimum atomic E-state index is 0.483. The molecule has 1 aromatic heterocycles. The highest BCUT2D eigenvalue weighted by molar-refractivity contribution is 6.17. The molecule has 0 aliphatic heterocycles. The second-order valence-electron chi connectivity index (χ2n) is 5.81. The molecule has 0 spiro atoms. The predicted octanol–water partition coefficient (Wildman–Crippen LogP) is 3.93. The van der Waals surface area contributed by atoms with Gasteiger partial charge in [-0.05, 0) is 36.8 Å². The molecule has 1 fully saturated rings. The van der Waals surface area contributed by atoms with Crippen molar-refractivity contribution in [3.05, 3.63) is 29.6 Å². The normalized spacial score (nSPS) is 17.3.